The van der Waals surface area contributed by atoms with Gasteiger partial charge in [0.25, 0.3) is 0 Å². The molecule has 4 heterocycles. The van der Waals surface area contributed by atoms with Gasteiger partial charge in [-0.05, 0) is 0 Å². The molecule has 4 rings (SSSR count). The van der Waals surface area contributed by atoms with Crippen molar-refractivity contribution in [2.75, 3.05) is 20.3 Å². The SMILES string of the molecule is COCCN1C(=O)c2cc(-c3ccnc([AsH]c4ccnn4C)c3)sc2C1(C)C. The number of carbonyl (C=O) groups is 1. The molecule has 0 radical (unpaired) electrons. The van der Waals surface area contributed by atoms with Gasteiger partial charge in [0.15, 0.2) is 0 Å². The van der Waals surface area contributed by atoms with Gasteiger partial charge in [0.2, 0.25) is 0 Å². The van der Waals surface area contributed by atoms with Crippen LogP contribution in [-0.2, 0) is 17.3 Å². The maximum absolute atomic E-state index is 12.9. The van der Waals surface area contributed by atoms with Crippen molar-refractivity contribution in [3.8, 4) is 10.4 Å². The van der Waals surface area contributed by atoms with Crippen LogP contribution in [0.3, 0.4) is 0 Å². The number of aryl methyl sites for hydroxylation is 1. The zero-order valence-electron chi connectivity index (χ0n) is 16.4. The van der Waals surface area contributed by atoms with Crippen LogP contribution >= 0.6 is 11.3 Å². The fraction of sp³-hybridized carbons (Fsp3) is 0.350. The third kappa shape index (κ3) is 3.32. The van der Waals surface area contributed by atoms with E-state index in [1.165, 1.54) is 4.48 Å². The average molecular weight is 458 g/mol. The third-order valence-corrected chi connectivity index (χ3v) is 9.25. The standard InChI is InChI=1S/C20H23AsN4O2S/c1-20(2)18-14(19(26)25(20)9-10-27-4)12-15(28-18)13-5-7-22-16(11-13)21-17-6-8-23-24(17)3/h5-8,11-12,21H,9-10H2,1-4H3. The van der Waals surface area contributed by atoms with Crippen LogP contribution in [0, 0.1) is 0 Å². The van der Waals surface area contributed by atoms with E-state index in [0.717, 1.165) is 25.4 Å². The van der Waals surface area contributed by atoms with Crippen LogP contribution in [-0.4, -0.2) is 61.6 Å². The van der Waals surface area contributed by atoms with Crippen LogP contribution in [0.15, 0.2) is 36.7 Å². The van der Waals surface area contributed by atoms with E-state index in [1.807, 2.05) is 41.2 Å². The van der Waals surface area contributed by atoms with E-state index in [9.17, 15) is 4.79 Å². The summed E-state index contributed by atoms with van der Waals surface area (Å²) in [5.41, 5.74) is 1.64. The van der Waals surface area contributed by atoms with Crippen molar-refractivity contribution in [1.82, 2.24) is 19.7 Å². The quantitative estimate of drug-likeness (QED) is 0.522. The first-order valence-electron chi connectivity index (χ1n) is 9.08. The van der Waals surface area contributed by atoms with Crippen LogP contribution in [0.2, 0.25) is 0 Å². The van der Waals surface area contributed by atoms with E-state index in [-0.39, 0.29) is 11.4 Å². The summed E-state index contributed by atoms with van der Waals surface area (Å²) in [6, 6.07) is 8.29. The fourth-order valence-electron chi connectivity index (χ4n) is 3.51. The molecule has 6 nitrogen and oxygen atoms in total. The Hall–Kier alpha value is -1.95. The van der Waals surface area contributed by atoms with Gasteiger partial charge in [0, 0.05) is 0 Å². The van der Waals surface area contributed by atoms with Gasteiger partial charge >= 0.3 is 175 Å². The molecular formula is C20H23AsN4O2S. The van der Waals surface area contributed by atoms with Crippen LogP contribution in [0.5, 0.6) is 0 Å². The summed E-state index contributed by atoms with van der Waals surface area (Å²) in [5.74, 6) is 0.0946. The van der Waals surface area contributed by atoms with E-state index in [4.69, 9.17) is 4.74 Å². The van der Waals surface area contributed by atoms with Gasteiger partial charge < -0.3 is 0 Å². The Labute approximate surface area is 175 Å². The minimum absolute atomic E-state index is 0.0946. The number of methoxy groups -OCH3 is 1. The molecule has 0 spiro atoms. The van der Waals surface area contributed by atoms with E-state index in [0.29, 0.717) is 13.2 Å². The number of hydrogen-bond acceptors (Lipinski definition) is 5. The van der Waals surface area contributed by atoms with Gasteiger partial charge in [-0.15, -0.1) is 0 Å². The molecule has 1 aliphatic heterocycles. The summed E-state index contributed by atoms with van der Waals surface area (Å²) in [4.78, 5) is 21.7. The summed E-state index contributed by atoms with van der Waals surface area (Å²) in [7, 11) is 3.63. The molecule has 0 saturated carbocycles. The molecule has 1 atom stereocenters. The molecule has 3 aromatic rings. The summed E-state index contributed by atoms with van der Waals surface area (Å²) >= 11 is 1.16. The van der Waals surface area contributed by atoms with Crippen molar-refractivity contribution in [2.24, 2.45) is 7.05 Å². The predicted octanol–water partition coefficient (Wildman–Crippen LogP) is 1.27. The van der Waals surface area contributed by atoms with Gasteiger partial charge in [-0.1, -0.05) is 0 Å². The van der Waals surface area contributed by atoms with Crippen molar-refractivity contribution < 1.29 is 9.53 Å². The molecule has 1 unspecified atom stereocenters. The Morgan fingerprint density at radius 1 is 1.25 bits per heavy atom. The van der Waals surface area contributed by atoms with Crippen LogP contribution in [0.4, 0.5) is 0 Å². The summed E-state index contributed by atoms with van der Waals surface area (Å²) in [6.45, 7) is 5.37. The normalized spacial score (nSPS) is 15.7. The number of rotatable bonds is 6. The van der Waals surface area contributed by atoms with Crippen molar-refractivity contribution in [2.45, 2.75) is 19.4 Å². The minimum atomic E-state index is -0.546. The Kier molecular flexibility index (Phi) is 5.16. The summed E-state index contributed by atoms with van der Waals surface area (Å²) in [6.07, 6.45) is 3.70. The van der Waals surface area contributed by atoms with Crippen molar-refractivity contribution in [3.63, 3.8) is 0 Å². The number of hydrogen-bond donors (Lipinski definition) is 0. The van der Waals surface area contributed by atoms with Crippen molar-refractivity contribution in [1.29, 1.82) is 0 Å². The Morgan fingerprint density at radius 3 is 2.75 bits per heavy atom. The first-order chi connectivity index (χ1) is 13.4. The van der Waals surface area contributed by atoms with Gasteiger partial charge in [0.05, 0.1) is 0 Å². The fourth-order valence-corrected chi connectivity index (χ4v) is 6.88. The molecule has 3 aromatic heterocycles. The molecule has 8 heteroatoms. The van der Waals surface area contributed by atoms with E-state index in [1.54, 1.807) is 18.4 Å². The van der Waals surface area contributed by atoms with Crippen LogP contribution in [0.25, 0.3) is 10.4 Å². The molecule has 146 valence electrons. The number of nitrogens with zero attached hydrogens (tertiary/aromatic N) is 4. The number of amides is 1. The molecule has 0 aromatic carbocycles. The topological polar surface area (TPSA) is 60.2 Å². The zero-order valence-corrected chi connectivity index (χ0v) is 19.3. The molecule has 0 fully saturated rings. The van der Waals surface area contributed by atoms with Crippen LogP contribution < -0.4 is 8.96 Å². The predicted molar refractivity (Wildman–Crippen MR) is 113 cm³/mol. The molecule has 1 aliphatic rings. The number of fused-ring (bicyclic) bond motifs is 1. The van der Waals surface area contributed by atoms with E-state index < -0.39 is 15.8 Å². The zero-order chi connectivity index (χ0) is 19.9. The number of thiophene rings is 1. The maximum atomic E-state index is 12.9. The molecule has 0 saturated heterocycles. The van der Waals surface area contributed by atoms with E-state index in [2.05, 4.69) is 36.1 Å². The van der Waals surface area contributed by atoms with Gasteiger partial charge in [-0.3, -0.25) is 0 Å². The second-order valence-electron chi connectivity index (χ2n) is 7.26. The molecule has 0 aliphatic carbocycles. The van der Waals surface area contributed by atoms with Gasteiger partial charge in [0.1, 0.15) is 0 Å². The first kappa shape index (κ1) is 19.4. The van der Waals surface area contributed by atoms with Crippen molar-refractivity contribution >= 4 is 42.0 Å². The third-order valence-electron chi connectivity index (χ3n) is 5.08. The summed E-state index contributed by atoms with van der Waals surface area (Å²) < 4.78 is 9.45. The Morgan fingerprint density at radius 2 is 2.07 bits per heavy atom. The van der Waals surface area contributed by atoms with E-state index >= 15 is 0 Å². The molecule has 0 N–H and O–H groups in total. The number of ether oxygens (including phenoxy) is 1. The first-order valence-corrected chi connectivity index (χ1v) is 12.0. The number of carbonyl (C=O) groups excluding carboxylic acids is 1. The summed E-state index contributed by atoms with van der Waals surface area (Å²) in [5, 5.41) is 4.25. The average Bonchev–Trinajstić information content (AvgIpc) is 3.33. The molecule has 1 amide bonds. The molecule has 28 heavy (non-hydrogen) atoms. The second-order valence-corrected chi connectivity index (χ2v) is 11.0. The van der Waals surface area contributed by atoms with Crippen LogP contribution in [0.1, 0.15) is 29.1 Å². The Balaban J connectivity index is 1.63. The Bertz CT molecular complexity index is 1030. The molecule has 0 bridgehead atoms. The monoisotopic (exact) mass is 458 g/mol. The van der Waals surface area contributed by atoms with Gasteiger partial charge in [-0.25, -0.2) is 0 Å². The number of aromatic nitrogens is 3. The number of pyridine rings is 1. The second kappa shape index (κ2) is 7.47. The van der Waals surface area contributed by atoms with Crippen molar-refractivity contribution in [3.05, 3.63) is 47.1 Å². The van der Waals surface area contributed by atoms with Gasteiger partial charge in [-0.2, -0.15) is 0 Å². The molecular weight excluding hydrogens is 435 g/mol.